The van der Waals surface area contributed by atoms with Gasteiger partial charge in [0, 0.05) is 0 Å². The molecule has 0 aliphatic carbocycles. The second-order valence-electron chi connectivity index (χ2n) is 4.65. The molecule has 0 aromatic carbocycles. The van der Waals surface area contributed by atoms with Crippen LogP contribution in [0.1, 0.15) is 0 Å². The fourth-order valence-electron chi connectivity index (χ4n) is 2.32. The number of ether oxygens (including phenoxy) is 2. The highest BCUT2D eigenvalue weighted by Gasteiger charge is 2.51. The zero-order valence-electron chi connectivity index (χ0n) is 9.53. The largest absolute Gasteiger partial charge is 0.394 e. The van der Waals surface area contributed by atoms with Gasteiger partial charge in [-0.3, -0.25) is 0 Å². The van der Waals surface area contributed by atoms with E-state index in [1.165, 1.54) is 0 Å². The van der Waals surface area contributed by atoms with Gasteiger partial charge in [-0.05, 0) is 0 Å². The zero-order chi connectivity index (χ0) is 13.4. The molecule has 2 aliphatic heterocycles. The lowest BCUT2D eigenvalue weighted by atomic mass is 9.93. The fourth-order valence-corrected chi connectivity index (χ4v) is 2.32. The topological polar surface area (TPSA) is 140 Å². The van der Waals surface area contributed by atoms with E-state index in [1.807, 2.05) is 0 Å². The zero-order valence-corrected chi connectivity index (χ0v) is 9.53. The van der Waals surface area contributed by atoms with Crippen LogP contribution in [-0.2, 0) is 9.47 Å². The van der Waals surface area contributed by atoms with Crippen molar-refractivity contribution in [2.24, 2.45) is 0 Å². The minimum atomic E-state index is -1.45. The Morgan fingerprint density at radius 1 is 0.833 bits per heavy atom. The van der Waals surface area contributed by atoms with Crippen LogP contribution in [0.25, 0.3) is 0 Å². The Bertz CT molecular complexity index is 287. The molecule has 0 saturated carbocycles. The Morgan fingerprint density at radius 3 is 2.00 bits per heavy atom. The van der Waals surface area contributed by atoms with E-state index in [4.69, 9.17) is 14.6 Å². The number of hydrogen-bond donors (Lipinski definition) is 6. The Labute approximate surface area is 103 Å². The summed E-state index contributed by atoms with van der Waals surface area (Å²) in [6.07, 6.45) is -9.83. The van der Waals surface area contributed by atoms with Gasteiger partial charge in [0.15, 0.2) is 0 Å². The molecule has 0 spiro atoms. The molecule has 0 aromatic heterocycles. The normalized spacial score (nSPS) is 53.7. The van der Waals surface area contributed by atoms with Crippen molar-refractivity contribution in [2.45, 2.75) is 48.8 Å². The molecule has 0 radical (unpaired) electrons. The molecule has 0 bridgehead atoms. The maximum Gasteiger partial charge on any atom is 0.115 e. The summed E-state index contributed by atoms with van der Waals surface area (Å²) in [6.45, 7) is -0.696. The number of hydrogen-bond acceptors (Lipinski definition) is 8. The van der Waals surface area contributed by atoms with Gasteiger partial charge in [0.05, 0.1) is 13.2 Å². The summed E-state index contributed by atoms with van der Waals surface area (Å²) >= 11 is 0. The van der Waals surface area contributed by atoms with Crippen LogP contribution in [0.3, 0.4) is 0 Å². The fraction of sp³-hybridized carbons (Fsp3) is 1.00. The van der Waals surface area contributed by atoms with Crippen LogP contribution in [0.15, 0.2) is 0 Å². The van der Waals surface area contributed by atoms with Crippen LogP contribution in [0.2, 0.25) is 0 Å². The van der Waals surface area contributed by atoms with Crippen molar-refractivity contribution < 1.29 is 40.1 Å². The van der Waals surface area contributed by atoms with Gasteiger partial charge in [-0.15, -0.1) is 0 Å². The first-order valence-corrected chi connectivity index (χ1v) is 5.75. The van der Waals surface area contributed by atoms with E-state index in [-0.39, 0.29) is 6.61 Å². The first kappa shape index (κ1) is 14.1. The highest BCUT2D eigenvalue weighted by molar-refractivity contribution is 5.00. The molecule has 2 heterocycles. The minimum Gasteiger partial charge on any atom is -0.394 e. The van der Waals surface area contributed by atoms with Gasteiger partial charge < -0.3 is 40.1 Å². The lowest BCUT2D eigenvalue weighted by Gasteiger charge is -2.38. The molecule has 18 heavy (non-hydrogen) atoms. The lowest BCUT2D eigenvalue weighted by molar-refractivity contribution is -0.223. The molecule has 106 valence electrons. The van der Waals surface area contributed by atoms with Crippen LogP contribution >= 0.6 is 0 Å². The van der Waals surface area contributed by atoms with E-state index >= 15 is 0 Å². The van der Waals surface area contributed by atoms with Crippen molar-refractivity contribution in [2.75, 3.05) is 13.2 Å². The van der Waals surface area contributed by atoms with Gasteiger partial charge in [-0.25, -0.2) is 0 Å². The summed E-state index contributed by atoms with van der Waals surface area (Å²) < 4.78 is 10.3. The van der Waals surface area contributed by atoms with Crippen LogP contribution in [0.4, 0.5) is 0 Å². The molecule has 2 saturated heterocycles. The monoisotopic (exact) mass is 266 g/mol. The van der Waals surface area contributed by atoms with Gasteiger partial charge in [0.25, 0.3) is 0 Å². The summed E-state index contributed by atoms with van der Waals surface area (Å²) in [5, 5.41) is 56.9. The summed E-state index contributed by atoms with van der Waals surface area (Å²) in [6, 6.07) is 0. The molecule has 2 aliphatic rings. The van der Waals surface area contributed by atoms with Crippen LogP contribution in [0.5, 0.6) is 0 Å². The average Bonchev–Trinajstić information content (AvgIpc) is 2.64. The standard InChI is InChI=1S/C10H18O8/c11-1-4-6(14)8(16)10(18-4)9-7(15)5(13)3(12)2-17-9/h3-16H,1-2H2/t3-,4+,5+,6+,7+,8+,9+,10+/m0/s1. The molecule has 8 heteroatoms. The summed E-state index contributed by atoms with van der Waals surface area (Å²) in [5.41, 5.74) is 0. The van der Waals surface area contributed by atoms with Crippen LogP contribution in [-0.4, -0.2) is 92.7 Å². The Hall–Kier alpha value is -0.320. The number of aliphatic hydroxyl groups is 6. The van der Waals surface area contributed by atoms with Crippen molar-refractivity contribution in [3.63, 3.8) is 0 Å². The predicted octanol–water partition coefficient (Wildman–Crippen LogP) is -4.05. The summed E-state index contributed by atoms with van der Waals surface area (Å²) in [5.74, 6) is 0. The number of aliphatic hydroxyl groups excluding tert-OH is 6. The molecule has 0 aromatic rings. The SMILES string of the molecule is OC[C@H]1O[C@@H]([C@@H]2OC[C@H](O)[C@@H](O)[C@H]2O)[C@H](O)[C@@H]1O. The van der Waals surface area contributed by atoms with Gasteiger partial charge in [-0.1, -0.05) is 0 Å². The van der Waals surface area contributed by atoms with Gasteiger partial charge in [0.2, 0.25) is 0 Å². The highest BCUT2D eigenvalue weighted by atomic mass is 16.6. The highest BCUT2D eigenvalue weighted by Crippen LogP contribution is 2.29. The van der Waals surface area contributed by atoms with Crippen LogP contribution < -0.4 is 0 Å². The van der Waals surface area contributed by atoms with E-state index in [0.29, 0.717) is 0 Å². The second-order valence-corrected chi connectivity index (χ2v) is 4.65. The third-order valence-corrected chi connectivity index (χ3v) is 3.44. The maximum atomic E-state index is 9.76. The molecule has 2 rings (SSSR count). The number of rotatable bonds is 2. The molecular weight excluding hydrogens is 248 g/mol. The molecule has 6 N–H and O–H groups in total. The van der Waals surface area contributed by atoms with E-state index in [0.717, 1.165) is 0 Å². The van der Waals surface area contributed by atoms with Crippen molar-refractivity contribution in [3.8, 4) is 0 Å². The van der Waals surface area contributed by atoms with Crippen molar-refractivity contribution in [3.05, 3.63) is 0 Å². The van der Waals surface area contributed by atoms with Crippen LogP contribution in [0, 0.1) is 0 Å². The molecule has 0 unspecified atom stereocenters. The first-order valence-electron chi connectivity index (χ1n) is 5.75. The Balaban J connectivity index is 2.08. The Morgan fingerprint density at radius 2 is 1.44 bits per heavy atom. The van der Waals surface area contributed by atoms with Gasteiger partial charge in [0.1, 0.15) is 48.8 Å². The summed E-state index contributed by atoms with van der Waals surface area (Å²) in [7, 11) is 0. The van der Waals surface area contributed by atoms with Crippen molar-refractivity contribution >= 4 is 0 Å². The average molecular weight is 266 g/mol. The van der Waals surface area contributed by atoms with E-state index in [2.05, 4.69) is 0 Å². The van der Waals surface area contributed by atoms with Crippen molar-refractivity contribution in [1.82, 2.24) is 0 Å². The minimum absolute atomic E-state index is 0.213. The smallest absolute Gasteiger partial charge is 0.115 e. The maximum absolute atomic E-state index is 9.76. The van der Waals surface area contributed by atoms with E-state index < -0.39 is 55.4 Å². The third-order valence-electron chi connectivity index (χ3n) is 3.44. The molecular formula is C10H18O8. The second kappa shape index (κ2) is 5.35. The Kier molecular flexibility index (Phi) is 4.19. The molecule has 8 atom stereocenters. The van der Waals surface area contributed by atoms with Gasteiger partial charge >= 0.3 is 0 Å². The van der Waals surface area contributed by atoms with Crippen molar-refractivity contribution in [1.29, 1.82) is 0 Å². The van der Waals surface area contributed by atoms with E-state index in [1.54, 1.807) is 0 Å². The molecule has 8 nitrogen and oxygen atoms in total. The van der Waals surface area contributed by atoms with E-state index in [9.17, 15) is 25.5 Å². The molecule has 2 fully saturated rings. The predicted molar refractivity (Wildman–Crippen MR) is 55.5 cm³/mol. The third kappa shape index (κ3) is 2.26. The first-order chi connectivity index (χ1) is 8.47. The lowest BCUT2D eigenvalue weighted by Crippen LogP contribution is -2.58. The molecule has 0 amide bonds. The quantitative estimate of drug-likeness (QED) is 0.297. The summed E-state index contributed by atoms with van der Waals surface area (Å²) in [4.78, 5) is 0. The van der Waals surface area contributed by atoms with Gasteiger partial charge in [-0.2, -0.15) is 0 Å².